The average Bonchev–Trinajstić information content (AvgIpc) is 3.13. The molecule has 7 aromatic rings. The van der Waals surface area contributed by atoms with E-state index in [0.717, 1.165) is 121 Å². The number of carbonyl (C=O) groups is 3. The highest BCUT2D eigenvalue weighted by molar-refractivity contribution is 6.36. The number of fused-ring (bicyclic) bond motifs is 1. The lowest BCUT2D eigenvalue weighted by Gasteiger charge is -2.29. The lowest BCUT2D eigenvalue weighted by Crippen LogP contribution is -2.24. The zero-order valence-corrected chi connectivity index (χ0v) is 50.4. The van der Waals surface area contributed by atoms with Crippen LogP contribution in [-0.4, -0.2) is 63.5 Å². The van der Waals surface area contributed by atoms with Crippen LogP contribution in [-0.2, 0) is 10.3 Å². The number of hydrogen-bond donors (Lipinski definition) is 0. The number of esters is 1. The van der Waals surface area contributed by atoms with Gasteiger partial charge in [0.15, 0.2) is 17.2 Å². The first-order valence-electron chi connectivity index (χ1n) is 29.7. The van der Waals surface area contributed by atoms with Gasteiger partial charge in [-0.3, -0.25) is 9.59 Å². The van der Waals surface area contributed by atoms with Crippen LogP contribution in [0.5, 0.6) is 17.2 Å². The fourth-order valence-corrected chi connectivity index (χ4v) is 12.5. The standard InChI is InChI=1S/C72H74Cl2N2O7/c1-8-13-36-82-54-28-31-57-66(43-54)72(83-71(57)79,44-64(55-29-22-50(75-32-14-15-33-75)41-60(55)67(77)9-2)62-39-46(6)37-58(69(62)73)48-18-24-52(25-19-48)80-11-4)45-65(56-30-23-51(76-34-16-17-35-76)42-61(56)68(78)10-3)63-40-47(7)38-59(70(63)74)49-20-26-53(27-21-49)81-12-5/h18-31,37-45H,8-17,32-36H2,1-7H3. The zero-order chi connectivity index (χ0) is 58.4. The summed E-state index contributed by atoms with van der Waals surface area (Å²) in [5.74, 6) is 1.35. The van der Waals surface area contributed by atoms with Gasteiger partial charge in [0.05, 0.1) is 35.4 Å². The first kappa shape index (κ1) is 58.6. The quantitative estimate of drug-likeness (QED) is 0.0374. The fourth-order valence-electron chi connectivity index (χ4n) is 11.9. The molecule has 0 aromatic heterocycles. The molecule has 11 heteroatoms. The smallest absolute Gasteiger partial charge is 0.340 e. The Kier molecular flexibility index (Phi) is 18.3. The first-order valence-corrected chi connectivity index (χ1v) is 30.4. The number of unbranched alkanes of at least 4 members (excludes halogenated alkanes) is 1. The van der Waals surface area contributed by atoms with Crippen molar-refractivity contribution in [1.82, 2.24) is 0 Å². The van der Waals surface area contributed by atoms with Crippen molar-refractivity contribution in [3.05, 3.63) is 205 Å². The van der Waals surface area contributed by atoms with Crippen LogP contribution in [0.2, 0.25) is 10.0 Å². The van der Waals surface area contributed by atoms with E-state index in [1.165, 1.54) is 0 Å². The molecule has 10 rings (SSSR count). The molecule has 2 saturated heterocycles. The van der Waals surface area contributed by atoms with Gasteiger partial charge in [-0.05, 0) is 207 Å². The summed E-state index contributed by atoms with van der Waals surface area (Å²) in [6, 6.07) is 41.7. The average molecular weight is 1150 g/mol. The summed E-state index contributed by atoms with van der Waals surface area (Å²) in [5, 5.41) is 0.861. The SMILES string of the molecule is CCCCOc1ccc2c(c1)C(C=C(c1ccc(N3CCCC3)cc1C(=O)CC)c1cc(C)cc(-c3ccc(OCC)cc3)c1Cl)(C=C(c1ccc(N3CCCC3)cc1C(=O)CC)c1cc(C)cc(-c3ccc(OCC)cc3)c1Cl)OC2=O. The summed E-state index contributed by atoms with van der Waals surface area (Å²) >= 11 is 15.8. The second-order valence-electron chi connectivity index (χ2n) is 21.9. The molecule has 3 aliphatic rings. The number of benzene rings is 7. The van der Waals surface area contributed by atoms with E-state index in [9.17, 15) is 9.59 Å². The van der Waals surface area contributed by atoms with Gasteiger partial charge in [-0.15, -0.1) is 0 Å². The Balaban J connectivity index is 1.35. The van der Waals surface area contributed by atoms with E-state index in [0.29, 0.717) is 91.3 Å². The van der Waals surface area contributed by atoms with Crippen molar-refractivity contribution in [2.75, 3.05) is 55.8 Å². The largest absolute Gasteiger partial charge is 0.494 e. The molecule has 83 heavy (non-hydrogen) atoms. The molecule has 0 atom stereocenters. The number of hydrogen-bond acceptors (Lipinski definition) is 9. The van der Waals surface area contributed by atoms with E-state index in [1.54, 1.807) is 6.07 Å². The maximum atomic E-state index is 15.1. The maximum Gasteiger partial charge on any atom is 0.340 e. The van der Waals surface area contributed by atoms with Crippen molar-refractivity contribution in [3.63, 3.8) is 0 Å². The molecule has 0 radical (unpaired) electrons. The molecule has 3 aliphatic heterocycles. The molecule has 7 aromatic carbocycles. The fraction of sp³-hybridized carbons (Fsp3) is 0.319. The topological polar surface area (TPSA) is 94.6 Å². The number of cyclic esters (lactones) is 1. The molecule has 0 amide bonds. The highest BCUT2D eigenvalue weighted by Gasteiger charge is 2.45. The Morgan fingerprint density at radius 2 is 0.964 bits per heavy atom. The maximum absolute atomic E-state index is 15.1. The van der Waals surface area contributed by atoms with E-state index in [4.69, 9.17) is 42.1 Å². The third kappa shape index (κ3) is 12.4. The third-order valence-electron chi connectivity index (χ3n) is 16.1. The van der Waals surface area contributed by atoms with Crippen LogP contribution >= 0.6 is 23.2 Å². The molecular formula is C72H74Cl2N2O7. The van der Waals surface area contributed by atoms with Crippen LogP contribution in [0.3, 0.4) is 0 Å². The Bertz CT molecular complexity index is 3430. The summed E-state index contributed by atoms with van der Waals surface area (Å²) in [6.07, 6.45) is 10.4. The number of Topliss-reactive ketones (excluding diaryl/α,β-unsaturated/α-hetero) is 2. The van der Waals surface area contributed by atoms with Crippen LogP contribution in [0, 0.1) is 13.8 Å². The Hall–Kier alpha value is -7.59. The summed E-state index contributed by atoms with van der Waals surface area (Å²) in [5.41, 5.74) is 10.6. The van der Waals surface area contributed by atoms with Crippen LogP contribution in [0.15, 0.2) is 140 Å². The van der Waals surface area contributed by atoms with E-state index in [1.807, 2.05) is 151 Å². The van der Waals surface area contributed by atoms with Gasteiger partial charge in [0, 0.05) is 89.3 Å². The molecule has 0 unspecified atom stereocenters. The van der Waals surface area contributed by atoms with Crippen LogP contribution in [0.1, 0.15) is 156 Å². The minimum atomic E-state index is -1.79. The van der Waals surface area contributed by atoms with Gasteiger partial charge in [0.25, 0.3) is 0 Å². The van der Waals surface area contributed by atoms with E-state index in [2.05, 4.69) is 41.0 Å². The molecule has 0 bridgehead atoms. The summed E-state index contributed by atoms with van der Waals surface area (Å²) in [6.45, 7) is 18.9. The molecule has 3 heterocycles. The Labute approximate surface area is 499 Å². The molecular weight excluding hydrogens is 1080 g/mol. The van der Waals surface area contributed by atoms with Crippen molar-refractivity contribution in [2.45, 2.75) is 105 Å². The molecule has 9 nitrogen and oxygen atoms in total. The highest BCUT2D eigenvalue weighted by atomic mass is 35.5. The normalized spacial score (nSPS) is 16.1. The number of nitrogens with zero attached hydrogens (tertiary/aromatic N) is 2. The molecule has 2 fully saturated rings. The van der Waals surface area contributed by atoms with Gasteiger partial charge in [0.2, 0.25) is 0 Å². The predicted molar refractivity (Wildman–Crippen MR) is 339 cm³/mol. The summed E-state index contributed by atoms with van der Waals surface area (Å²) in [4.78, 5) is 49.4. The number of ketones is 2. The minimum Gasteiger partial charge on any atom is -0.494 e. The summed E-state index contributed by atoms with van der Waals surface area (Å²) < 4.78 is 25.3. The van der Waals surface area contributed by atoms with E-state index < -0.39 is 11.6 Å². The summed E-state index contributed by atoms with van der Waals surface area (Å²) in [7, 11) is 0. The number of rotatable bonds is 22. The Morgan fingerprint density at radius 1 is 0.518 bits per heavy atom. The second-order valence-corrected chi connectivity index (χ2v) is 22.6. The van der Waals surface area contributed by atoms with Crippen molar-refractivity contribution in [2.24, 2.45) is 0 Å². The van der Waals surface area contributed by atoms with Crippen molar-refractivity contribution < 1.29 is 33.3 Å². The lowest BCUT2D eigenvalue weighted by atomic mass is 9.80. The van der Waals surface area contributed by atoms with Gasteiger partial charge in [-0.2, -0.15) is 0 Å². The first-order chi connectivity index (χ1) is 40.3. The van der Waals surface area contributed by atoms with Crippen molar-refractivity contribution >= 4 is 63.3 Å². The minimum absolute atomic E-state index is 0.0580. The van der Waals surface area contributed by atoms with Crippen LogP contribution < -0.4 is 24.0 Å². The lowest BCUT2D eigenvalue weighted by molar-refractivity contribution is 0.0299. The number of anilines is 2. The number of aryl methyl sites for hydroxylation is 2. The van der Waals surface area contributed by atoms with Gasteiger partial charge in [-0.1, -0.05) is 86.8 Å². The van der Waals surface area contributed by atoms with Gasteiger partial charge >= 0.3 is 5.97 Å². The Morgan fingerprint density at radius 3 is 1.39 bits per heavy atom. The molecule has 0 N–H and O–H groups in total. The van der Waals surface area contributed by atoms with Crippen molar-refractivity contribution in [1.29, 1.82) is 0 Å². The number of ether oxygens (including phenoxy) is 4. The van der Waals surface area contributed by atoms with Crippen LogP contribution in [0.4, 0.5) is 11.4 Å². The third-order valence-corrected chi connectivity index (χ3v) is 16.9. The monoisotopic (exact) mass is 1150 g/mol. The molecule has 0 aliphatic carbocycles. The highest BCUT2D eigenvalue weighted by Crippen LogP contribution is 2.50. The van der Waals surface area contributed by atoms with Gasteiger partial charge < -0.3 is 28.7 Å². The molecule has 0 saturated carbocycles. The second kappa shape index (κ2) is 25.9. The van der Waals surface area contributed by atoms with E-state index >= 15 is 4.79 Å². The van der Waals surface area contributed by atoms with Gasteiger partial charge in [0.1, 0.15) is 17.2 Å². The van der Waals surface area contributed by atoms with Crippen LogP contribution in [0.25, 0.3) is 33.4 Å². The number of carbonyl (C=O) groups excluding carboxylic acids is 3. The van der Waals surface area contributed by atoms with Crippen molar-refractivity contribution in [3.8, 4) is 39.5 Å². The predicted octanol–water partition coefficient (Wildman–Crippen LogP) is 17.9. The molecule has 0 spiro atoms. The zero-order valence-electron chi connectivity index (χ0n) is 48.9. The molecule has 428 valence electrons. The van der Waals surface area contributed by atoms with Gasteiger partial charge in [-0.25, -0.2) is 4.79 Å². The number of halogens is 2. The van der Waals surface area contributed by atoms with E-state index in [-0.39, 0.29) is 24.4 Å².